The number of carboxylic acid groups (broad SMARTS) is 1. The summed E-state index contributed by atoms with van der Waals surface area (Å²) < 4.78 is 41.0. The van der Waals surface area contributed by atoms with Crippen molar-refractivity contribution in [3.05, 3.63) is 101 Å². The van der Waals surface area contributed by atoms with Crippen molar-refractivity contribution in [1.82, 2.24) is 9.29 Å². The second-order valence-corrected chi connectivity index (χ2v) is 10.6. The first kappa shape index (κ1) is 26.9. The molecule has 0 bridgehead atoms. The Labute approximate surface area is 221 Å². The third kappa shape index (κ3) is 6.99. The molecule has 1 aromatic heterocycles. The van der Waals surface area contributed by atoms with Crippen molar-refractivity contribution in [2.45, 2.75) is 33.9 Å². The zero-order chi connectivity index (χ0) is 27.3. The van der Waals surface area contributed by atoms with Gasteiger partial charge in [-0.2, -0.15) is 12.7 Å². The molecule has 0 saturated carbocycles. The van der Waals surface area contributed by atoms with E-state index in [2.05, 4.69) is 9.71 Å². The van der Waals surface area contributed by atoms with Gasteiger partial charge in [0.25, 0.3) is 0 Å². The second kappa shape index (κ2) is 11.5. The average Bonchev–Trinajstić information content (AvgIpc) is 3.24. The van der Waals surface area contributed by atoms with Gasteiger partial charge in [0, 0.05) is 17.8 Å². The number of carboxylic acids is 1. The summed E-state index contributed by atoms with van der Waals surface area (Å²) in [5.41, 5.74) is 4.53. The van der Waals surface area contributed by atoms with Crippen LogP contribution in [0.5, 0.6) is 5.75 Å². The molecule has 0 aliphatic heterocycles. The predicted molar refractivity (Wildman–Crippen MR) is 144 cm³/mol. The van der Waals surface area contributed by atoms with E-state index in [0.717, 1.165) is 21.0 Å². The molecular formula is C28H29N3O6S. The van der Waals surface area contributed by atoms with Gasteiger partial charge >= 0.3 is 16.2 Å². The van der Waals surface area contributed by atoms with Crippen molar-refractivity contribution < 1.29 is 27.5 Å². The minimum atomic E-state index is -4.14. The van der Waals surface area contributed by atoms with Gasteiger partial charge in [-0.15, -0.1) is 0 Å². The predicted octanol–water partition coefficient (Wildman–Crippen LogP) is 5.09. The molecule has 0 aliphatic rings. The number of hydrogen-bond acceptors (Lipinski definition) is 6. The first-order valence-corrected chi connectivity index (χ1v) is 13.3. The van der Waals surface area contributed by atoms with E-state index >= 15 is 0 Å². The number of oxazole rings is 1. The molecule has 4 aromatic rings. The third-order valence-electron chi connectivity index (χ3n) is 5.77. The maximum absolute atomic E-state index is 13.0. The van der Waals surface area contributed by atoms with Gasteiger partial charge in [-0.25, -0.2) is 4.98 Å². The molecule has 0 spiro atoms. The maximum atomic E-state index is 13.0. The van der Waals surface area contributed by atoms with Crippen molar-refractivity contribution in [3.8, 4) is 17.2 Å². The van der Waals surface area contributed by atoms with Crippen LogP contribution in [0.4, 0.5) is 5.69 Å². The molecule has 0 unspecified atom stereocenters. The molecular weight excluding hydrogens is 506 g/mol. The number of ether oxygens (including phenoxy) is 1. The van der Waals surface area contributed by atoms with Crippen LogP contribution in [0.25, 0.3) is 11.5 Å². The number of anilines is 1. The van der Waals surface area contributed by atoms with E-state index in [0.29, 0.717) is 34.3 Å². The SMILES string of the molecule is Cc1ccc(NS(=O)(=O)N(CC(=O)O)Cc2cccc(OCc3nc(-c4ccc(C)cc4)oc3C)c2)cc1. The molecule has 0 fully saturated rings. The van der Waals surface area contributed by atoms with E-state index in [9.17, 15) is 18.3 Å². The monoisotopic (exact) mass is 535 g/mol. The highest BCUT2D eigenvalue weighted by Crippen LogP contribution is 2.24. The summed E-state index contributed by atoms with van der Waals surface area (Å²) in [4.78, 5) is 16.0. The number of aliphatic carboxylic acids is 1. The van der Waals surface area contributed by atoms with Gasteiger partial charge in [0.1, 0.15) is 30.4 Å². The maximum Gasteiger partial charge on any atom is 0.318 e. The zero-order valence-electron chi connectivity index (χ0n) is 21.3. The number of hydrogen-bond donors (Lipinski definition) is 2. The Morgan fingerprint density at radius 2 is 1.66 bits per heavy atom. The lowest BCUT2D eigenvalue weighted by Crippen LogP contribution is -2.39. The quantitative estimate of drug-likeness (QED) is 0.274. The summed E-state index contributed by atoms with van der Waals surface area (Å²) in [5.74, 6) is 0.363. The highest BCUT2D eigenvalue weighted by molar-refractivity contribution is 7.90. The molecule has 0 atom stereocenters. The fraction of sp³-hybridized carbons (Fsp3) is 0.214. The minimum Gasteiger partial charge on any atom is -0.487 e. The van der Waals surface area contributed by atoms with Crippen molar-refractivity contribution in [3.63, 3.8) is 0 Å². The van der Waals surface area contributed by atoms with E-state index in [1.165, 1.54) is 0 Å². The van der Waals surface area contributed by atoms with E-state index in [1.807, 2.05) is 45.0 Å². The Morgan fingerprint density at radius 3 is 2.32 bits per heavy atom. The van der Waals surface area contributed by atoms with Gasteiger partial charge in [-0.1, -0.05) is 47.5 Å². The van der Waals surface area contributed by atoms with Crippen molar-refractivity contribution in [2.24, 2.45) is 0 Å². The molecule has 2 N–H and O–H groups in total. The molecule has 38 heavy (non-hydrogen) atoms. The molecule has 0 aliphatic carbocycles. The lowest BCUT2D eigenvalue weighted by atomic mass is 10.1. The van der Waals surface area contributed by atoms with E-state index in [-0.39, 0.29) is 13.2 Å². The first-order chi connectivity index (χ1) is 18.1. The van der Waals surface area contributed by atoms with Gasteiger partial charge in [0.15, 0.2) is 0 Å². The highest BCUT2D eigenvalue weighted by atomic mass is 32.2. The first-order valence-electron chi connectivity index (χ1n) is 11.9. The molecule has 9 nitrogen and oxygen atoms in total. The molecule has 0 radical (unpaired) electrons. The van der Waals surface area contributed by atoms with E-state index in [4.69, 9.17) is 9.15 Å². The fourth-order valence-electron chi connectivity index (χ4n) is 3.68. The van der Waals surface area contributed by atoms with Gasteiger partial charge < -0.3 is 14.3 Å². The van der Waals surface area contributed by atoms with Crippen LogP contribution in [0.15, 0.2) is 77.2 Å². The van der Waals surface area contributed by atoms with Gasteiger partial charge in [-0.3, -0.25) is 9.52 Å². The molecule has 198 valence electrons. The lowest BCUT2D eigenvalue weighted by Gasteiger charge is -2.21. The Hall–Kier alpha value is -4.15. The Balaban J connectivity index is 1.46. The van der Waals surface area contributed by atoms with Crippen LogP contribution < -0.4 is 9.46 Å². The minimum absolute atomic E-state index is 0.150. The van der Waals surface area contributed by atoms with Gasteiger partial charge in [0.2, 0.25) is 5.89 Å². The summed E-state index contributed by atoms with van der Waals surface area (Å²) in [7, 11) is -4.14. The number of carbonyl (C=O) groups is 1. The Bertz CT molecular complexity index is 1510. The van der Waals surface area contributed by atoms with Crippen LogP contribution in [0, 0.1) is 20.8 Å². The average molecular weight is 536 g/mol. The summed E-state index contributed by atoms with van der Waals surface area (Å²) in [6.45, 7) is 5.00. The van der Waals surface area contributed by atoms with Crippen LogP contribution in [0.3, 0.4) is 0 Å². The Morgan fingerprint density at radius 1 is 1.00 bits per heavy atom. The summed E-state index contributed by atoms with van der Waals surface area (Å²) in [6.07, 6.45) is 0. The number of benzene rings is 3. The van der Waals surface area contributed by atoms with Crippen molar-refractivity contribution in [2.75, 3.05) is 11.3 Å². The molecule has 10 heteroatoms. The van der Waals surface area contributed by atoms with Crippen LogP contribution in [0.1, 0.15) is 28.1 Å². The molecule has 3 aromatic carbocycles. The van der Waals surface area contributed by atoms with Crippen LogP contribution in [-0.4, -0.2) is 35.3 Å². The smallest absolute Gasteiger partial charge is 0.318 e. The molecule has 4 rings (SSSR count). The number of aryl methyl sites for hydroxylation is 3. The van der Waals surface area contributed by atoms with Crippen LogP contribution >= 0.6 is 0 Å². The number of nitrogens with one attached hydrogen (secondary N) is 1. The number of aromatic nitrogens is 1. The van der Waals surface area contributed by atoms with Gasteiger partial charge in [-0.05, 0) is 62.7 Å². The second-order valence-electron chi connectivity index (χ2n) is 8.96. The third-order valence-corrected chi connectivity index (χ3v) is 7.21. The van der Waals surface area contributed by atoms with E-state index in [1.54, 1.807) is 48.5 Å². The van der Waals surface area contributed by atoms with Crippen molar-refractivity contribution in [1.29, 1.82) is 0 Å². The standard InChI is InChI=1S/C28H29N3O6S/c1-19-7-11-23(12-8-19)28-29-26(21(3)37-28)18-36-25-6-4-5-22(15-25)16-31(17-27(32)33)38(34,35)30-24-13-9-20(2)10-14-24/h4-15,30H,16-18H2,1-3H3,(H,32,33). The summed E-state index contributed by atoms with van der Waals surface area (Å²) >= 11 is 0. The van der Waals surface area contributed by atoms with E-state index < -0.39 is 22.7 Å². The topological polar surface area (TPSA) is 122 Å². The summed E-state index contributed by atoms with van der Waals surface area (Å²) in [6, 6.07) is 21.5. The highest BCUT2D eigenvalue weighted by Gasteiger charge is 2.25. The fourth-order valence-corrected chi connectivity index (χ4v) is 4.84. The number of rotatable bonds is 11. The van der Waals surface area contributed by atoms with Crippen molar-refractivity contribution >= 4 is 21.9 Å². The Kier molecular flexibility index (Phi) is 8.13. The largest absolute Gasteiger partial charge is 0.487 e. The molecule has 0 saturated heterocycles. The normalized spacial score (nSPS) is 11.5. The zero-order valence-corrected chi connectivity index (χ0v) is 22.2. The lowest BCUT2D eigenvalue weighted by molar-refractivity contribution is -0.137. The number of nitrogens with zero attached hydrogens (tertiary/aromatic N) is 2. The van der Waals surface area contributed by atoms with Crippen LogP contribution in [-0.2, 0) is 28.2 Å². The summed E-state index contributed by atoms with van der Waals surface area (Å²) in [5, 5.41) is 9.34. The van der Waals surface area contributed by atoms with Gasteiger partial charge in [0.05, 0.1) is 0 Å². The molecule has 0 amide bonds. The van der Waals surface area contributed by atoms with Crippen LogP contribution in [0.2, 0.25) is 0 Å². The molecule has 1 heterocycles.